The van der Waals surface area contributed by atoms with E-state index in [9.17, 15) is 8.42 Å². The summed E-state index contributed by atoms with van der Waals surface area (Å²) in [5.41, 5.74) is 1.32. The van der Waals surface area contributed by atoms with Crippen molar-refractivity contribution >= 4 is 9.84 Å². The Morgan fingerprint density at radius 1 is 1.06 bits per heavy atom. The van der Waals surface area contributed by atoms with Gasteiger partial charge in [0.1, 0.15) is 0 Å². The van der Waals surface area contributed by atoms with Crippen molar-refractivity contribution in [1.82, 2.24) is 4.90 Å². The molecule has 0 amide bonds. The second-order valence-corrected chi connectivity index (χ2v) is 6.53. The van der Waals surface area contributed by atoms with Crippen molar-refractivity contribution in [3.63, 3.8) is 0 Å². The molecular weight excluding hydrogens is 222 g/mol. The molecule has 1 heterocycles. The highest BCUT2D eigenvalue weighted by molar-refractivity contribution is 7.91. The minimum absolute atomic E-state index is 0.321. The molecule has 0 radical (unpaired) electrons. The van der Waals surface area contributed by atoms with Gasteiger partial charge < -0.3 is 4.90 Å². The van der Waals surface area contributed by atoms with Gasteiger partial charge >= 0.3 is 0 Å². The third kappa shape index (κ3) is 3.32. The molecule has 1 aromatic rings. The fourth-order valence-corrected chi connectivity index (χ4v) is 3.18. The zero-order valence-electron chi connectivity index (χ0n) is 9.30. The van der Waals surface area contributed by atoms with Crippen LogP contribution in [0, 0.1) is 0 Å². The summed E-state index contributed by atoms with van der Waals surface area (Å²) in [6.45, 7) is 2.34. The Morgan fingerprint density at radius 3 is 2.31 bits per heavy atom. The third-order valence-corrected chi connectivity index (χ3v) is 4.61. The fourth-order valence-electron chi connectivity index (χ4n) is 1.91. The molecular formula is C12H17NO2S. The molecule has 0 spiro atoms. The maximum Gasteiger partial charge on any atom is 0.152 e. The van der Waals surface area contributed by atoms with Gasteiger partial charge in [-0.3, -0.25) is 0 Å². The monoisotopic (exact) mass is 239 g/mol. The van der Waals surface area contributed by atoms with Crippen LogP contribution in [0.4, 0.5) is 0 Å². The maximum absolute atomic E-state index is 11.2. The summed E-state index contributed by atoms with van der Waals surface area (Å²) in [5, 5.41) is 0. The van der Waals surface area contributed by atoms with Gasteiger partial charge in [-0.25, -0.2) is 8.42 Å². The van der Waals surface area contributed by atoms with Crippen LogP contribution in [0.1, 0.15) is 5.56 Å². The molecule has 1 aliphatic rings. The van der Waals surface area contributed by atoms with Crippen molar-refractivity contribution < 1.29 is 8.42 Å². The molecule has 1 fully saturated rings. The van der Waals surface area contributed by atoms with E-state index in [1.165, 1.54) is 5.56 Å². The van der Waals surface area contributed by atoms with Gasteiger partial charge in [-0.05, 0) is 12.0 Å². The Kier molecular flexibility index (Phi) is 3.61. The minimum atomic E-state index is -2.74. The molecule has 88 valence electrons. The predicted octanol–water partition coefficient (Wildman–Crippen LogP) is 0.959. The lowest BCUT2D eigenvalue weighted by molar-refractivity contribution is 0.299. The molecule has 0 N–H and O–H groups in total. The Labute approximate surface area is 97.0 Å². The molecule has 0 aliphatic carbocycles. The zero-order valence-corrected chi connectivity index (χ0v) is 10.1. The molecule has 3 nitrogen and oxygen atoms in total. The average Bonchev–Trinajstić information content (AvgIpc) is 2.29. The highest BCUT2D eigenvalue weighted by atomic mass is 32.2. The lowest BCUT2D eigenvalue weighted by atomic mass is 10.1. The van der Waals surface area contributed by atoms with Gasteiger partial charge in [0.25, 0.3) is 0 Å². The second kappa shape index (κ2) is 4.97. The molecule has 0 saturated carbocycles. The number of sulfone groups is 1. The van der Waals surface area contributed by atoms with Crippen molar-refractivity contribution in [3.8, 4) is 0 Å². The van der Waals surface area contributed by atoms with Crippen LogP contribution >= 0.6 is 0 Å². The first-order valence-corrected chi connectivity index (χ1v) is 7.44. The fraction of sp³-hybridized carbons (Fsp3) is 0.500. The molecule has 16 heavy (non-hydrogen) atoms. The highest BCUT2D eigenvalue weighted by Gasteiger charge is 2.20. The Hall–Kier alpha value is -0.870. The van der Waals surface area contributed by atoms with Crippen LogP contribution in [-0.2, 0) is 16.3 Å². The molecule has 0 aromatic heterocycles. The van der Waals surface area contributed by atoms with E-state index in [2.05, 4.69) is 17.0 Å². The molecule has 2 rings (SSSR count). The van der Waals surface area contributed by atoms with E-state index in [1.54, 1.807) is 0 Å². The van der Waals surface area contributed by atoms with Crippen molar-refractivity contribution in [3.05, 3.63) is 35.9 Å². The molecule has 0 unspecified atom stereocenters. The number of benzene rings is 1. The van der Waals surface area contributed by atoms with E-state index in [1.807, 2.05) is 18.2 Å². The first kappa shape index (κ1) is 11.6. The van der Waals surface area contributed by atoms with Gasteiger partial charge in [0.15, 0.2) is 9.84 Å². The first-order chi connectivity index (χ1) is 7.66. The van der Waals surface area contributed by atoms with Gasteiger partial charge in [-0.1, -0.05) is 30.3 Å². The lowest BCUT2D eigenvalue weighted by Crippen LogP contribution is -2.41. The SMILES string of the molecule is O=S1(=O)CCN(CCc2ccccc2)CC1. The predicted molar refractivity (Wildman–Crippen MR) is 65.2 cm³/mol. The Bertz CT molecular complexity index is 414. The van der Waals surface area contributed by atoms with Crippen LogP contribution in [0.2, 0.25) is 0 Å². The number of nitrogens with zero attached hydrogens (tertiary/aromatic N) is 1. The van der Waals surface area contributed by atoms with Gasteiger partial charge in [0.05, 0.1) is 11.5 Å². The van der Waals surface area contributed by atoms with E-state index >= 15 is 0 Å². The molecule has 1 aliphatic heterocycles. The van der Waals surface area contributed by atoms with Crippen LogP contribution in [0.3, 0.4) is 0 Å². The van der Waals surface area contributed by atoms with Gasteiger partial charge in [0.2, 0.25) is 0 Å². The van der Waals surface area contributed by atoms with E-state index in [0.717, 1.165) is 13.0 Å². The quantitative estimate of drug-likeness (QED) is 0.788. The number of hydrogen-bond acceptors (Lipinski definition) is 3. The summed E-state index contributed by atoms with van der Waals surface area (Å²) >= 11 is 0. The van der Waals surface area contributed by atoms with Gasteiger partial charge in [-0.2, -0.15) is 0 Å². The van der Waals surface area contributed by atoms with Crippen LogP contribution in [0.15, 0.2) is 30.3 Å². The van der Waals surface area contributed by atoms with Gasteiger partial charge in [0, 0.05) is 19.6 Å². The van der Waals surface area contributed by atoms with Crippen molar-refractivity contribution in [2.75, 3.05) is 31.1 Å². The summed E-state index contributed by atoms with van der Waals surface area (Å²) in [7, 11) is -2.74. The molecule has 1 aromatic carbocycles. The zero-order chi connectivity index (χ0) is 11.4. The van der Waals surface area contributed by atoms with Crippen LogP contribution in [0.5, 0.6) is 0 Å². The standard InChI is InChI=1S/C12H17NO2S/c14-16(15)10-8-13(9-11-16)7-6-12-4-2-1-3-5-12/h1-5H,6-11H2. The van der Waals surface area contributed by atoms with E-state index in [4.69, 9.17) is 0 Å². The largest absolute Gasteiger partial charge is 0.301 e. The molecule has 0 bridgehead atoms. The van der Waals surface area contributed by atoms with E-state index in [0.29, 0.717) is 24.6 Å². The lowest BCUT2D eigenvalue weighted by Gasteiger charge is -2.26. The topological polar surface area (TPSA) is 37.4 Å². The smallest absolute Gasteiger partial charge is 0.152 e. The van der Waals surface area contributed by atoms with Crippen LogP contribution < -0.4 is 0 Å². The van der Waals surface area contributed by atoms with Crippen LogP contribution in [-0.4, -0.2) is 44.5 Å². The summed E-state index contributed by atoms with van der Waals surface area (Å²) in [6.07, 6.45) is 1.00. The highest BCUT2D eigenvalue weighted by Crippen LogP contribution is 2.06. The Morgan fingerprint density at radius 2 is 1.69 bits per heavy atom. The van der Waals surface area contributed by atoms with E-state index in [-0.39, 0.29) is 0 Å². The molecule has 4 heteroatoms. The maximum atomic E-state index is 11.2. The average molecular weight is 239 g/mol. The first-order valence-electron chi connectivity index (χ1n) is 5.62. The number of hydrogen-bond donors (Lipinski definition) is 0. The van der Waals surface area contributed by atoms with Crippen molar-refractivity contribution in [1.29, 1.82) is 0 Å². The molecule has 0 atom stereocenters. The van der Waals surface area contributed by atoms with E-state index < -0.39 is 9.84 Å². The second-order valence-electron chi connectivity index (χ2n) is 4.23. The van der Waals surface area contributed by atoms with Crippen molar-refractivity contribution in [2.24, 2.45) is 0 Å². The summed E-state index contributed by atoms with van der Waals surface area (Å²) in [6, 6.07) is 10.3. The third-order valence-electron chi connectivity index (χ3n) is 3.00. The summed E-state index contributed by atoms with van der Waals surface area (Å²) in [4.78, 5) is 2.23. The van der Waals surface area contributed by atoms with Gasteiger partial charge in [-0.15, -0.1) is 0 Å². The normalized spacial score (nSPS) is 20.8. The number of rotatable bonds is 3. The summed E-state index contributed by atoms with van der Waals surface area (Å²) in [5.74, 6) is 0.642. The Balaban J connectivity index is 1.80. The van der Waals surface area contributed by atoms with Crippen LogP contribution in [0.25, 0.3) is 0 Å². The molecule has 1 saturated heterocycles. The minimum Gasteiger partial charge on any atom is -0.301 e. The van der Waals surface area contributed by atoms with Crippen molar-refractivity contribution in [2.45, 2.75) is 6.42 Å². The summed E-state index contributed by atoms with van der Waals surface area (Å²) < 4.78 is 22.5.